The Balaban J connectivity index is 1.65. The van der Waals surface area contributed by atoms with Crippen molar-refractivity contribution in [2.45, 2.75) is 61.9 Å². The van der Waals surface area contributed by atoms with Crippen LogP contribution in [0.1, 0.15) is 25.3 Å². The van der Waals surface area contributed by atoms with Gasteiger partial charge >= 0.3 is 0 Å². The Bertz CT molecular complexity index is 949. The second kappa shape index (κ2) is 8.28. The van der Waals surface area contributed by atoms with E-state index in [9.17, 15) is 35.4 Å². The molecule has 13 heteroatoms. The molecule has 0 aliphatic carbocycles. The minimum absolute atomic E-state index is 0.00187. The summed E-state index contributed by atoms with van der Waals surface area (Å²) in [6.07, 6.45) is -6.26. The van der Waals surface area contributed by atoms with E-state index >= 15 is 0 Å². The molecule has 2 aromatic heterocycles. The van der Waals surface area contributed by atoms with Gasteiger partial charge in [0.15, 0.2) is 11.2 Å². The van der Waals surface area contributed by atoms with E-state index in [1.807, 2.05) is 0 Å². The molecule has 30 heavy (non-hydrogen) atoms. The summed E-state index contributed by atoms with van der Waals surface area (Å²) in [6.45, 7) is -1.03. The third-order valence-electron chi connectivity index (χ3n) is 5.59. The Hall–Kier alpha value is -1.97. The Morgan fingerprint density at radius 2 is 1.37 bits per heavy atom. The highest BCUT2D eigenvalue weighted by molar-refractivity contribution is 5.69. The fraction of sp³-hybridized carbons (Fsp3) is 0.706. The molecule has 0 spiro atoms. The average molecular weight is 428 g/mol. The third kappa shape index (κ3) is 3.52. The normalized spacial score (nSPS) is 37.5. The first-order valence-corrected chi connectivity index (χ1v) is 9.54. The van der Waals surface area contributed by atoms with Crippen LogP contribution < -0.4 is 5.56 Å². The Labute approximate surface area is 169 Å². The zero-order chi connectivity index (χ0) is 21.6. The van der Waals surface area contributed by atoms with Crippen LogP contribution in [-0.2, 0) is 9.47 Å². The number of ether oxygens (including phenoxy) is 2. The molecule has 13 nitrogen and oxygen atoms in total. The van der Waals surface area contributed by atoms with Crippen molar-refractivity contribution in [2.24, 2.45) is 0 Å². The van der Waals surface area contributed by atoms with Gasteiger partial charge in [0.2, 0.25) is 0 Å². The van der Waals surface area contributed by atoms with Crippen LogP contribution in [-0.4, -0.2) is 99.6 Å². The maximum Gasteiger partial charge on any atom is 0.283 e. The van der Waals surface area contributed by atoms with E-state index in [1.54, 1.807) is 0 Å². The number of hydrogen-bond acceptors (Lipinski definition) is 11. The number of aromatic nitrogens is 4. The summed E-state index contributed by atoms with van der Waals surface area (Å²) in [4.78, 5) is 21.2. The lowest BCUT2D eigenvalue weighted by Gasteiger charge is -2.37. The molecule has 0 amide bonds. The highest BCUT2D eigenvalue weighted by Crippen LogP contribution is 2.30. The smallest absolute Gasteiger partial charge is 0.283 e. The van der Waals surface area contributed by atoms with E-state index in [0.717, 1.165) is 4.57 Å². The van der Waals surface area contributed by atoms with Crippen molar-refractivity contribution in [3.8, 4) is 0 Å². The maximum atomic E-state index is 12.9. The number of aliphatic hydroxyl groups is 6. The molecule has 2 aliphatic heterocycles. The second-order valence-corrected chi connectivity index (χ2v) is 7.49. The van der Waals surface area contributed by atoms with Gasteiger partial charge in [-0.25, -0.2) is 9.97 Å². The number of fused-ring (bicyclic) bond motifs is 1. The first-order chi connectivity index (χ1) is 14.3. The molecule has 0 bridgehead atoms. The van der Waals surface area contributed by atoms with E-state index in [-0.39, 0.29) is 24.0 Å². The molecule has 166 valence electrons. The summed E-state index contributed by atoms with van der Waals surface area (Å²) in [5.74, 6) is 0. The molecule has 6 N–H and O–H groups in total. The predicted octanol–water partition coefficient (Wildman–Crippen LogP) is -3.40. The number of imidazole rings is 1. The molecule has 0 aromatic carbocycles. The summed E-state index contributed by atoms with van der Waals surface area (Å²) in [5.41, 5.74) is -0.428. The van der Waals surface area contributed by atoms with Crippen LogP contribution in [0, 0.1) is 0 Å². The molecule has 4 heterocycles. The van der Waals surface area contributed by atoms with Crippen LogP contribution in [0.5, 0.6) is 0 Å². The molecule has 2 aliphatic rings. The summed E-state index contributed by atoms with van der Waals surface area (Å²) >= 11 is 0. The fourth-order valence-electron chi connectivity index (χ4n) is 3.86. The second-order valence-electron chi connectivity index (χ2n) is 7.49. The highest BCUT2D eigenvalue weighted by Gasteiger charge is 2.39. The number of aliphatic hydroxyl groups excluding tert-OH is 6. The molecule has 2 saturated heterocycles. The summed E-state index contributed by atoms with van der Waals surface area (Å²) in [6, 6.07) is 0. The molecule has 8 atom stereocenters. The largest absolute Gasteiger partial charge is 0.394 e. The SMILES string of the molecule is O=c1c2ncn([C@H]3C[C@H](O)[C@H](O)[C@H](CO)O3)c2ncn1[C@@H]1C[C@H](O)[C@H](O)[C@H](CO)O1. The minimum Gasteiger partial charge on any atom is -0.394 e. The number of hydrogen-bond donors (Lipinski definition) is 6. The Morgan fingerprint density at radius 1 is 0.867 bits per heavy atom. The first kappa shape index (κ1) is 21.3. The summed E-state index contributed by atoms with van der Waals surface area (Å²) < 4.78 is 13.7. The third-order valence-corrected chi connectivity index (χ3v) is 5.59. The van der Waals surface area contributed by atoms with Crippen molar-refractivity contribution >= 4 is 11.2 Å². The van der Waals surface area contributed by atoms with Gasteiger partial charge < -0.3 is 40.1 Å². The summed E-state index contributed by atoms with van der Waals surface area (Å²) in [7, 11) is 0. The van der Waals surface area contributed by atoms with Crippen LogP contribution in [0.25, 0.3) is 11.2 Å². The molecule has 2 fully saturated rings. The number of rotatable bonds is 4. The first-order valence-electron chi connectivity index (χ1n) is 9.54. The highest BCUT2D eigenvalue weighted by atomic mass is 16.5. The molecule has 2 aromatic rings. The van der Waals surface area contributed by atoms with Crippen LogP contribution in [0.4, 0.5) is 0 Å². The van der Waals surface area contributed by atoms with Crippen LogP contribution in [0.15, 0.2) is 17.4 Å². The van der Waals surface area contributed by atoms with Crippen LogP contribution in [0.3, 0.4) is 0 Å². The maximum absolute atomic E-state index is 12.9. The Kier molecular flexibility index (Phi) is 5.87. The topological polar surface area (TPSA) is 193 Å². The van der Waals surface area contributed by atoms with Gasteiger partial charge in [0.25, 0.3) is 5.56 Å². The Morgan fingerprint density at radius 3 is 1.90 bits per heavy atom. The average Bonchev–Trinajstić information content (AvgIpc) is 3.17. The summed E-state index contributed by atoms with van der Waals surface area (Å²) in [5, 5.41) is 58.5. The lowest BCUT2D eigenvalue weighted by molar-refractivity contribution is -0.202. The molecule has 0 unspecified atom stereocenters. The van der Waals surface area contributed by atoms with E-state index < -0.39 is 67.9 Å². The fourth-order valence-corrected chi connectivity index (χ4v) is 3.86. The van der Waals surface area contributed by atoms with E-state index in [4.69, 9.17) is 9.47 Å². The van der Waals surface area contributed by atoms with Crippen molar-refractivity contribution in [2.75, 3.05) is 13.2 Å². The molecule has 0 saturated carbocycles. The van der Waals surface area contributed by atoms with Gasteiger partial charge in [-0.1, -0.05) is 0 Å². The monoisotopic (exact) mass is 428 g/mol. The van der Waals surface area contributed by atoms with Gasteiger partial charge in [0, 0.05) is 12.8 Å². The van der Waals surface area contributed by atoms with Crippen molar-refractivity contribution in [1.82, 2.24) is 19.1 Å². The van der Waals surface area contributed by atoms with Gasteiger partial charge in [-0.2, -0.15) is 0 Å². The number of nitrogens with zero attached hydrogens (tertiary/aromatic N) is 4. The van der Waals surface area contributed by atoms with Crippen molar-refractivity contribution in [3.05, 3.63) is 23.0 Å². The quantitative estimate of drug-likeness (QED) is 0.284. The van der Waals surface area contributed by atoms with Gasteiger partial charge in [-0.05, 0) is 0 Å². The van der Waals surface area contributed by atoms with Crippen LogP contribution in [0.2, 0.25) is 0 Å². The zero-order valence-electron chi connectivity index (χ0n) is 15.8. The lowest BCUT2D eigenvalue weighted by Crippen LogP contribution is -2.49. The molecule has 0 radical (unpaired) electrons. The van der Waals surface area contributed by atoms with Crippen LogP contribution >= 0.6 is 0 Å². The zero-order valence-corrected chi connectivity index (χ0v) is 15.8. The van der Waals surface area contributed by atoms with E-state index in [1.165, 1.54) is 17.2 Å². The van der Waals surface area contributed by atoms with Gasteiger partial charge in [0.05, 0.1) is 31.7 Å². The van der Waals surface area contributed by atoms with Gasteiger partial charge in [0.1, 0.15) is 43.2 Å². The van der Waals surface area contributed by atoms with Crippen molar-refractivity contribution in [1.29, 1.82) is 0 Å². The molecule has 4 rings (SSSR count). The molecular formula is C17H24N4O9. The van der Waals surface area contributed by atoms with Gasteiger partial charge in [-0.15, -0.1) is 0 Å². The van der Waals surface area contributed by atoms with Crippen molar-refractivity contribution in [3.63, 3.8) is 0 Å². The molecular weight excluding hydrogens is 404 g/mol. The standard InChI is InChI=1S/C17H24N4O9/c22-3-9-14(26)7(24)1-11(29-9)20-5-18-13-16(20)19-6-21(17(13)28)12-2-8(25)15(27)10(4-23)30-12/h5-12,14-15,22-27H,1-4H2/t7-,8-,9-,10-,11+,12-,14-,15-/m0/s1. The predicted molar refractivity (Wildman–Crippen MR) is 97.0 cm³/mol. The minimum atomic E-state index is -1.28. The van der Waals surface area contributed by atoms with Gasteiger partial charge in [-0.3, -0.25) is 13.9 Å². The van der Waals surface area contributed by atoms with E-state index in [2.05, 4.69) is 9.97 Å². The van der Waals surface area contributed by atoms with E-state index in [0.29, 0.717) is 0 Å². The van der Waals surface area contributed by atoms with Crippen molar-refractivity contribution < 1.29 is 40.1 Å². The lowest BCUT2D eigenvalue weighted by atomic mass is 10.0.